The fourth-order valence-electron chi connectivity index (χ4n) is 2.85. The van der Waals surface area contributed by atoms with Crippen molar-refractivity contribution in [2.75, 3.05) is 13.2 Å². The van der Waals surface area contributed by atoms with Gasteiger partial charge in [-0.3, -0.25) is 9.59 Å². The van der Waals surface area contributed by atoms with Crippen LogP contribution in [0.2, 0.25) is 5.02 Å². The van der Waals surface area contributed by atoms with E-state index in [9.17, 15) is 9.59 Å². The highest BCUT2D eigenvalue weighted by Crippen LogP contribution is 2.30. The molecule has 2 aromatic rings. The average Bonchev–Trinajstić information content (AvgIpc) is 2.66. The first kappa shape index (κ1) is 19.0. The van der Waals surface area contributed by atoms with Gasteiger partial charge in [0.1, 0.15) is 13.2 Å². The van der Waals surface area contributed by atoms with E-state index in [4.69, 9.17) is 21.1 Å². The van der Waals surface area contributed by atoms with Gasteiger partial charge < -0.3 is 20.1 Å². The fourth-order valence-corrected chi connectivity index (χ4v) is 2.97. The van der Waals surface area contributed by atoms with Crippen LogP contribution in [0.4, 0.5) is 0 Å². The lowest BCUT2D eigenvalue weighted by Crippen LogP contribution is -2.32. The minimum absolute atomic E-state index is 0.131. The molecule has 0 saturated heterocycles. The van der Waals surface area contributed by atoms with E-state index < -0.39 is 6.04 Å². The first-order chi connectivity index (χ1) is 13.0. The van der Waals surface area contributed by atoms with Gasteiger partial charge in [-0.1, -0.05) is 29.8 Å². The van der Waals surface area contributed by atoms with Gasteiger partial charge in [-0.05, 0) is 35.4 Å². The first-order valence-electron chi connectivity index (χ1n) is 8.69. The highest BCUT2D eigenvalue weighted by atomic mass is 35.5. The van der Waals surface area contributed by atoms with E-state index in [1.807, 2.05) is 18.2 Å². The molecular formula is C20H21ClN2O4. The second-order valence-corrected chi connectivity index (χ2v) is 6.70. The normalized spacial score (nSPS) is 13.6. The first-order valence-corrected chi connectivity index (χ1v) is 9.07. The minimum Gasteiger partial charge on any atom is -0.486 e. The number of carbonyl (C=O) groups excluding carboxylic acids is 2. The molecule has 0 aromatic heterocycles. The molecule has 1 aliphatic rings. The summed E-state index contributed by atoms with van der Waals surface area (Å²) in [5.41, 5.74) is 1.74. The van der Waals surface area contributed by atoms with E-state index in [1.54, 1.807) is 24.3 Å². The van der Waals surface area contributed by atoms with E-state index in [2.05, 4.69) is 10.6 Å². The van der Waals surface area contributed by atoms with Gasteiger partial charge in [0, 0.05) is 18.5 Å². The lowest BCUT2D eigenvalue weighted by atomic mass is 10.0. The van der Waals surface area contributed by atoms with Gasteiger partial charge in [-0.2, -0.15) is 0 Å². The van der Waals surface area contributed by atoms with Crippen molar-refractivity contribution in [1.29, 1.82) is 0 Å². The van der Waals surface area contributed by atoms with Gasteiger partial charge in [-0.15, -0.1) is 0 Å². The topological polar surface area (TPSA) is 76.7 Å². The summed E-state index contributed by atoms with van der Waals surface area (Å²) in [5, 5.41) is 6.28. The molecule has 6 nitrogen and oxygen atoms in total. The summed E-state index contributed by atoms with van der Waals surface area (Å²) in [6, 6.07) is 12.2. The Labute approximate surface area is 162 Å². The Morgan fingerprint density at radius 3 is 2.48 bits per heavy atom. The van der Waals surface area contributed by atoms with E-state index in [1.165, 1.54) is 6.92 Å². The van der Waals surface area contributed by atoms with Crippen molar-refractivity contribution >= 4 is 23.4 Å². The summed E-state index contributed by atoms with van der Waals surface area (Å²) in [4.78, 5) is 23.9. The maximum Gasteiger partial charge on any atom is 0.222 e. The van der Waals surface area contributed by atoms with E-state index in [-0.39, 0.29) is 18.2 Å². The van der Waals surface area contributed by atoms with Crippen molar-refractivity contribution in [2.45, 2.75) is 25.9 Å². The number of benzene rings is 2. The third kappa shape index (κ3) is 5.37. The number of amides is 2. The Kier molecular flexibility index (Phi) is 6.19. The molecule has 142 valence electrons. The number of hydrogen-bond acceptors (Lipinski definition) is 4. The Balaban J connectivity index is 1.60. The largest absolute Gasteiger partial charge is 0.486 e. The molecule has 7 heteroatoms. The Morgan fingerprint density at radius 2 is 1.78 bits per heavy atom. The van der Waals surface area contributed by atoms with Crippen LogP contribution in [0.5, 0.6) is 11.5 Å². The molecule has 3 rings (SSSR count). The molecular weight excluding hydrogens is 368 g/mol. The molecule has 0 bridgehead atoms. The fraction of sp³-hybridized carbons (Fsp3) is 0.300. The van der Waals surface area contributed by atoms with Crippen molar-refractivity contribution < 1.29 is 19.1 Å². The van der Waals surface area contributed by atoms with Crippen molar-refractivity contribution in [1.82, 2.24) is 10.6 Å². The van der Waals surface area contributed by atoms with Crippen molar-refractivity contribution in [3.63, 3.8) is 0 Å². The number of fused-ring (bicyclic) bond motifs is 1. The smallest absolute Gasteiger partial charge is 0.222 e. The molecule has 1 aliphatic heterocycles. The molecule has 27 heavy (non-hydrogen) atoms. The zero-order valence-corrected chi connectivity index (χ0v) is 15.7. The van der Waals surface area contributed by atoms with Crippen LogP contribution >= 0.6 is 11.6 Å². The van der Waals surface area contributed by atoms with Crippen LogP contribution in [0.15, 0.2) is 42.5 Å². The lowest BCUT2D eigenvalue weighted by Gasteiger charge is -2.20. The third-order valence-corrected chi connectivity index (χ3v) is 4.39. The van der Waals surface area contributed by atoms with E-state index >= 15 is 0 Å². The Bertz CT molecular complexity index is 823. The maximum atomic E-state index is 12.4. The maximum absolute atomic E-state index is 12.4. The average molecular weight is 389 g/mol. The number of hydrogen-bond donors (Lipinski definition) is 2. The molecule has 0 fully saturated rings. The van der Waals surface area contributed by atoms with Crippen LogP contribution in [0.3, 0.4) is 0 Å². The number of halogens is 1. The predicted octanol–water partition coefficient (Wildman–Crippen LogP) is 2.99. The van der Waals surface area contributed by atoms with Crippen LogP contribution in [0.1, 0.15) is 30.5 Å². The van der Waals surface area contributed by atoms with Crippen LogP contribution in [-0.2, 0) is 16.1 Å². The molecule has 2 amide bonds. The molecule has 0 saturated carbocycles. The molecule has 1 atom stereocenters. The molecule has 0 aliphatic carbocycles. The second kappa shape index (κ2) is 8.77. The molecule has 0 unspecified atom stereocenters. The van der Waals surface area contributed by atoms with Crippen molar-refractivity contribution in [2.24, 2.45) is 0 Å². The number of ether oxygens (including phenoxy) is 2. The van der Waals surface area contributed by atoms with Crippen LogP contribution in [0, 0.1) is 0 Å². The van der Waals surface area contributed by atoms with Gasteiger partial charge in [-0.25, -0.2) is 0 Å². The summed E-state index contributed by atoms with van der Waals surface area (Å²) in [5.74, 6) is 1.03. The van der Waals surface area contributed by atoms with E-state index in [0.717, 1.165) is 11.1 Å². The molecule has 0 radical (unpaired) electrons. The van der Waals surface area contributed by atoms with Crippen LogP contribution in [0.25, 0.3) is 0 Å². The molecule has 2 N–H and O–H groups in total. The van der Waals surface area contributed by atoms with Crippen LogP contribution in [-0.4, -0.2) is 25.0 Å². The third-order valence-electron chi connectivity index (χ3n) is 4.14. The van der Waals surface area contributed by atoms with Crippen molar-refractivity contribution in [3.05, 3.63) is 58.6 Å². The lowest BCUT2D eigenvalue weighted by molar-refractivity contribution is -0.122. The van der Waals surface area contributed by atoms with Gasteiger partial charge in [0.25, 0.3) is 0 Å². The predicted molar refractivity (Wildman–Crippen MR) is 102 cm³/mol. The van der Waals surface area contributed by atoms with Gasteiger partial charge in [0.15, 0.2) is 11.5 Å². The summed E-state index contributed by atoms with van der Waals surface area (Å²) >= 11 is 5.91. The number of rotatable bonds is 6. The van der Waals surface area contributed by atoms with Gasteiger partial charge >= 0.3 is 0 Å². The minimum atomic E-state index is -0.417. The van der Waals surface area contributed by atoms with Crippen LogP contribution < -0.4 is 20.1 Å². The second-order valence-electron chi connectivity index (χ2n) is 6.26. The zero-order chi connectivity index (χ0) is 19.2. The van der Waals surface area contributed by atoms with Gasteiger partial charge in [0.05, 0.1) is 12.5 Å². The highest BCUT2D eigenvalue weighted by molar-refractivity contribution is 6.30. The quantitative estimate of drug-likeness (QED) is 0.797. The van der Waals surface area contributed by atoms with E-state index in [0.29, 0.717) is 36.3 Å². The zero-order valence-electron chi connectivity index (χ0n) is 15.0. The molecule has 1 heterocycles. The summed E-state index contributed by atoms with van der Waals surface area (Å²) in [7, 11) is 0. The van der Waals surface area contributed by atoms with Gasteiger partial charge in [0.2, 0.25) is 11.8 Å². The SMILES string of the molecule is CC(=O)N[C@@H](CC(=O)NCc1ccc2c(c1)OCCO2)c1ccc(Cl)cc1. The number of nitrogens with one attached hydrogen (secondary N) is 2. The summed E-state index contributed by atoms with van der Waals surface area (Å²) < 4.78 is 11.0. The monoisotopic (exact) mass is 388 g/mol. The molecule has 2 aromatic carbocycles. The Hall–Kier alpha value is -2.73. The number of carbonyl (C=O) groups is 2. The summed E-state index contributed by atoms with van der Waals surface area (Å²) in [6.07, 6.45) is 0.131. The summed E-state index contributed by atoms with van der Waals surface area (Å²) in [6.45, 7) is 2.85. The Morgan fingerprint density at radius 1 is 1.07 bits per heavy atom. The molecule has 0 spiro atoms. The standard InChI is InChI=1S/C20H21ClN2O4/c1-13(24)23-17(15-3-5-16(21)6-4-15)11-20(25)22-12-14-2-7-18-19(10-14)27-9-8-26-18/h2-7,10,17H,8-9,11-12H2,1H3,(H,22,25)(H,23,24)/t17-/m0/s1. The van der Waals surface area contributed by atoms with Crippen molar-refractivity contribution in [3.8, 4) is 11.5 Å². The highest BCUT2D eigenvalue weighted by Gasteiger charge is 2.17.